The van der Waals surface area contributed by atoms with Crippen LogP contribution in [-0.4, -0.2) is 41.4 Å². The van der Waals surface area contributed by atoms with Crippen molar-refractivity contribution in [1.29, 1.82) is 0 Å². The van der Waals surface area contributed by atoms with Crippen molar-refractivity contribution >= 4 is 0 Å². The summed E-state index contributed by atoms with van der Waals surface area (Å²) in [5.74, 6) is 0. The van der Waals surface area contributed by atoms with Gasteiger partial charge < -0.3 is 15.2 Å². The summed E-state index contributed by atoms with van der Waals surface area (Å²) >= 11 is 0. The zero-order valence-electron chi connectivity index (χ0n) is 8.59. The highest BCUT2D eigenvalue weighted by molar-refractivity contribution is 4.70. The Kier molecular flexibility index (Phi) is 3.94. The van der Waals surface area contributed by atoms with Crippen molar-refractivity contribution in [3.8, 4) is 0 Å². The fraction of sp³-hybridized carbons (Fsp3) is 1.00. The normalized spacial score (nSPS) is 28.6. The molecule has 1 rings (SSSR count). The minimum atomic E-state index is -0.216. The molecule has 1 fully saturated rings. The molecular formula is C8H17N3O3. The van der Waals surface area contributed by atoms with Crippen LogP contribution in [0.4, 0.5) is 0 Å². The van der Waals surface area contributed by atoms with E-state index >= 15 is 0 Å². The number of hydrogen-bond donors (Lipinski definition) is 1. The number of hydrazine groups is 1. The van der Waals surface area contributed by atoms with Crippen LogP contribution in [0.3, 0.4) is 0 Å². The summed E-state index contributed by atoms with van der Waals surface area (Å²) in [5.41, 5.74) is 0. The van der Waals surface area contributed by atoms with Crippen molar-refractivity contribution in [2.75, 3.05) is 14.1 Å². The van der Waals surface area contributed by atoms with Gasteiger partial charge in [0.2, 0.25) is 5.28 Å². The zero-order valence-corrected chi connectivity index (χ0v) is 8.59. The van der Waals surface area contributed by atoms with E-state index in [-0.39, 0.29) is 12.2 Å². The fourth-order valence-corrected chi connectivity index (χ4v) is 1.33. The van der Waals surface area contributed by atoms with Crippen molar-refractivity contribution in [3.05, 3.63) is 5.21 Å². The number of nitrogens with zero attached hydrogens (tertiary/aromatic N) is 3. The Morgan fingerprint density at radius 3 is 2.43 bits per heavy atom. The van der Waals surface area contributed by atoms with Gasteiger partial charge in [-0.3, -0.25) is 0 Å². The Labute approximate surface area is 83.3 Å². The molecule has 0 aromatic heterocycles. The molecular weight excluding hydrogens is 186 g/mol. The molecule has 0 bridgehead atoms. The van der Waals surface area contributed by atoms with Crippen LogP contribution in [0.15, 0.2) is 5.28 Å². The Morgan fingerprint density at radius 1 is 1.36 bits per heavy atom. The zero-order chi connectivity index (χ0) is 10.6. The lowest BCUT2D eigenvalue weighted by Gasteiger charge is -2.22. The average Bonchev–Trinajstić information content (AvgIpc) is 2.16. The maximum Gasteiger partial charge on any atom is 0.233 e. The second kappa shape index (κ2) is 4.99. The standard InChI is InChI=1S/C8H17N3O3/c1-10(2)11(13)9-14-8-5-3-7(12)4-6-8/h7-8,12H,3-6H2,1-2H3/b11-9-. The Morgan fingerprint density at radius 2 is 1.93 bits per heavy atom. The molecule has 82 valence electrons. The lowest BCUT2D eigenvalue weighted by atomic mass is 9.95. The van der Waals surface area contributed by atoms with Gasteiger partial charge in [0, 0.05) is 0 Å². The first-order valence-corrected chi connectivity index (χ1v) is 4.79. The van der Waals surface area contributed by atoms with Crippen LogP contribution in [0.5, 0.6) is 0 Å². The molecule has 14 heavy (non-hydrogen) atoms. The quantitative estimate of drug-likeness (QED) is 0.415. The van der Waals surface area contributed by atoms with E-state index in [1.165, 1.54) is 5.01 Å². The number of hydrogen-bond acceptors (Lipinski definition) is 4. The highest BCUT2D eigenvalue weighted by Gasteiger charge is 2.21. The molecule has 0 spiro atoms. The molecule has 0 atom stereocenters. The van der Waals surface area contributed by atoms with Crippen LogP contribution in [0, 0.1) is 5.21 Å². The molecule has 0 unspecified atom stereocenters. The van der Waals surface area contributed by atoms with E-state index in [1.54, 1.807) is 14.1 Å². The van der Waals surface area contributed by atoms with E-state index < -0.39 is 0 Å². The largest absolute Gasteiger partial charge is 0.569 e. The third-order valence-corrected chi connectivity index (χ3v) is 2.25. The van der Waals surface area contributed by atoms with E-state index in [9.17, 15) is 10.3 Å². The van der Waals surface area contributed by atoms with Crippen LogP contribution < -0.4 is 0 Å². The highest BCUT2D eigenvalue weighted by atomic mass is 16.7. The predicted octanol–water partition coefficient (Wildman–Crippen LogP) is 0.661. The van der Waals surface area contributed by atoms with Gasteiger partial charge in [-0.25, -0.2) is 0 Å². The average molecular weight is 203 g/mol. The smallest absolute Gasteiger partial charge is 0.233 e. The molecule has 6 nitrogen and oxygen atoms in total. The first kappa shape index (κ1) is 11.0. The SMILES string of the molecule is CN(C)/[N+]([O-])=N/OC1CCC(O)CC1. The Balaban J connectivity index is 2.28. The van der Waals surface area contributed by atoms with Gasteiger partial charge in [-0.1, -0.05) is 0 Å². The first-order chi connectivity index (χ1) is 6.59. The fourth-order valence-electron chi connectivity index (χ4n) is 1.33. The van der Waals surface area contributed by atoms with Crippen LogP contribution in [0.2, 0.25) is 0 Å². The molecule has 0 heterocycles. The van der Waals surface area contributed by atoms with Crippen molar-refractivity contribution in [1.82, 2.24) is 5.01 Å². The van der Waals surface area contributed by atoms with Gasteiger partial charge in [-0.15, -0.1) is 0 Å². The van der Waals surface area contributed by atoms with Gasteiger partial charge in [0.15, 0.2) is 0 Å². The molecule has 0 aromatic carbocycles. The van der Waals surface area contributed by atoms with Gasteiger partial charge in [-0.05, 0) is 25.7 Å². The van der Waals surface area contributed by atoms with Crippen LogP contribution >= 0.6 is 0 Å². The van der Waals surface area contributed by atoms with E-state index in [0.717, 1.165) is 25.7 Å². The Hall–Kier alpha value is -1.04. The molecule has 0 radical (unpaired) electrons. The summed E-state index contributed by atoms with van der Waals surface area (Å²) in [4.78, 5) is 5.43. The molecule has 0 aliphatic heterocycles. The molecule has 1 aliphatic rings. The second-order valence-electron chi connectivity index (χ2n) is 3.72. The van der Waals surface area contributed by atoms with E-state index in [0.29, 0.717) is 4.97 Å². The maximum absolute atomic E-state index is 11.0. The number of aliphatic hydroxyl groups excluding tert-OH is 1. The molecule has 0 amide bonds. The van der Waals surface area contributed by atoms with Gasteiger partial charge in [0.25, 0.3) is 0 Å². The van der Waals surface area contributed by atoms with E-state index in [1.807, 2.05) is 0 Å². The third-order valence-electron chi connectivity index (χ3n) is 2.25. The van der Waals surface area contributed by atoms with Crippen molar-refractivity contribution in [3.63, 3.8) is 0 Å². The molecule has 6 heteroatoms. The molecule has 0 saturated heterocycles. The van der Waals surface area contributed by atoms with Gasteiger partial charge in [0.1, 0.15) is 6.10 Å². The summed E-state index contributed by atoms with van der Waals surface area (Å²) in [5, 5.41) is 24.8. The van der Waals surface area contributed by atoms with Crippen LogP contribution in [-0.2, 0) is 4.84 Å². The first-order valence-electron chi connectivity index (χ1n) is 4.79. The lowest BCUT2D eigenvalue weighted by molar-refractivity contribution is -0.701. The summed E-state index contributed by atoms with van der Waals surface area (Å²) < 4.78 is 0. The van der Waals surface area contributed by atoms with E-state index in [2.05, 4.69) is 5.28 Å². The van der Waals surface area contributed by atoms with Gasteiger partial charge in [0.05, 0.1) is 25.2 Å². The number of aliphatic hydroxyl groups is 1. The van der Waals surface area contributed by atoms with Crippen molar-refractivity contribution in [2.24, 2.45) is 5.28 Å². The summed E-state index contributed by atoms with van der Waals surface area (Å²) in [7, 11) is 3.18. The highest BCUT2D eigenvalue weighted by Crippen LogP contribution is 2.20. The summed E-state index contributed by atoms with van der Waals surface area (Å²) in [6, 6.07) is 0. The molecule has 1 saturated carbocycles. The van der Waals surface area contributed by atoms with E-state index in [4.69, 9.17) is 4.84 Å². The predicted molar refractivity (Wildman–Crippen MR) is 49.1 cm³/mol. The molecule has 0 aromatic rings. The summed E-state index contributed by atoms with van der Waals surface area (Å²) in [6.45, 7) is 0. The molecule has 1 aliphatic carbocycles. The van der Waals surface area contributed by atoms with Crippen LogP contribution in [0.1, 0.15) is 25.7 Å². The van der Waals surface area contributed by atoms with Gasteiger partial charge in [-0.2, -0.15) is 5.01 Å². The second-order valence-corrected chi connectivity index (χ2v) is 3.72. The van der Waals surface area contributed by atoms with Crippen LogP contribution in [0.25, 0.3) is 0 Å². The summed E-state index contributed by atoms with van der Waals surface area (Å²) in [6.07, 6.45) is 2.71. The van der Waals surface area contributed by atoms with Gasteiger partial charge >= 0.3 is 0 Å². The molecule has 1 N–H and O–H groups in total. The monoisotopic (exact) mass is 203 g/mol. The Bertz CT molecular complexity index is 200. The van der Waals surface area contributed by atoms with Crippen molar-refractivity contribution in [2.45, 2.75) is 37.9 Å². The number of rotatable bonds is 3. The van der Waals surface area contributed by atoms with Crippen molar-refractivity contribution < 1.29 is 14.9 Å². The lowest BCUT2D eigenvalue weighted by Crippen LogP contribution is -2.25. The minimum Gasteiger partial charge on any atom is -0.569 e. The minimum absolute atomic E-state index is 0.0326. The topological polar surface area (TPSA) is 71.1 Å². The third kappa shape index (κ3) is 3.37. The maximum atomic E-state index is 11.0.